The summed E-state index contributed by atoms with van der Waals surface area (Å²) in [5.74, 6) is -5.99. The largest absolute Gasteiger partial charge is 0.468 e. The van der Waals surface area contributed by atoms with Gasteiger partial charge in [-0.1, -0.05) is 6.92 Å². The molecule has 0 aromatic carbocycles. The molecule has 1 amide bonds. The predicted molar refractivity (Wildman–Crippen MR) is 67.7 cm³/mol. The molecule has 0 radical (unpaired) electrons. The van der Waals surface area contributed by atoms with E-state index in [1.54, 1.807) is 0 Å². The maximum absolute atomic E-state index is 11.7. The summed E-state index contributed by atoms with van der Waals surface area (Å²) in [4.78, 5) is 46.3. The first-order valence-corrected chi connectivity index (χ1v) is 5.97. The predicted octanol–water partition coefficient (Wildman–Crippen LogP) is -1.77. The third kappa shape index (κ3) is 5.03. The first-order valence-electron chi connectivity index (χ1n) is 5.97. The van der Waals surface area contributed by atoms with E-state index >= 15 is 0 Å². The second-order valence-corrected chi connectivity index (χ2v) is 4.11. The highest BCUT2D eigenvalue weighted by Crippen LogP contribution is 2.20. The summed E-state index contributed by atoms with van der Waals surface area (Å²) in [6.45, 7) is 0.513. The number of esters is 3. The van der Waals surface area contributed by atoms with Crippen LogP contribution >= 0.6 is 0 Å². The molecule has 2 atom stereocenters. The Bertz CT molecular complexity index is 392. The SMILES string of the molecule is COC(=O)C(C(=O)OC)[C@@H](C)[C@H](NC(=O)CO)C(=O)OC. The van der Waals surface area contributed by atoms with E-state index in [1.807, 2.05) is 0 Å². The van der Waals surface area contributed by atoms with Gasteiger partial charge in [-0.2, -0.15) is 0 Å². The van der Waals surface area contributed by atoms with Crippen molar-refractivity contribution in [2.75, 3.05) is 27.9 Å². The van der Waals surface area contributed by atoms with Gasteiger partial charge in [0.2, 0.25) is 5.91 Å². The van der Waals surface area contributed by atoms with Crippen molar-refractivity contribution in [2.24, 2.45) is 11.8 Å². The number of amides is 1. The fraction of sp³-hybridized carbons (Fsp3) is 0.667. The van der Waals surface area contributed by atoms with E-state index in [-0.39, 0.29) is 0 Å². The van der Waals surface area contributed by atoms with Gasteiger partial charge in [0.25, 0.3) is 0 Å². The van der Waals surface area contributed by atoms with E-state index in [1.165, 1.54) is 6.92 Å². The molecule has 0 aromatic rings. The van der Waals surface area contributed by atoms with E-state index in [9.17, 15) is 19.2 Å². The maximum Gasteiger partial charge on any atom is 0.328 e. The Hall–Kier alpha value is -2.16. The number of ether oxygens (including phenoxy) is 3. The number of methoxy groups -OCH3 is 3. The fourth-order valence-electron chi connectivity index (χ4n) is 1.72. The minimum atomic E-state index is -1.43. The molecule has 21 heavy (non-hydrogen) atoms. The van der Waals surface area contributed by atoms with Crippen molar-refractivity contribution < 1.29 is 38.5 Å². The van der Waals surface area contributed by atoms with Crippen LogP contribution in [-0.2, 0) is 33.4 Å². The number of rotatable bonds is 7. The zero-order valence-electron chi connectivity index (χ0n) is 12.2. The Balaban J connectivity index is 5.41. The lowest BCUT2D eigenvalue weighted by molar-refractivity contribution is -0.163. The summed E-state index contributed by atoms with van der Waals surface area (Å²) >= 11 is 0. The molecule has 0 fully saturated rings. The van der Waals surface area contributed by atoms with Crippen molar-refractivity contribution in [3.8, 4) is 0 Å². The quantitative estimate of drug-likeness (QED) is 0.321. The molecule has 0 heterocycles. The van der Waals surface area contributed by atoms with Crippen LogP contribution in [-0.4, -0.2) is 62.9 Å². The first kappa shape index (κ1) is 18.8. The fourth-order valence-corrected chi connectivity index (χ4v) is 1.72. The lowest BCUT2D eigenvalue weighted by atomic mass is 9.87. The summed E-state index contributed by atoms with van der Waals surface area (Å²) in [5.41, 5.74) is 0. The van der Waals surface area contributed by atoms with Gasteiger partial charge in [-0.05, 0) is 0 Å². The van der Waals surface area contributed by atoms with Crippen LogP contribution in [0.1, 0.15) is 6.92 Å². The zero-order chi connectivity index (χ0) is 16.6. The van der Waals surface area contributed by atoms with Crippen molar-refractivity contribution in [1.29, 1.82) is 0 Å². The minimum absolute atomic E-state index is 0.856. The number of aliphatic hydroxyl groups is 1. The second-order valence-electron chi connectivity index (χ2n) is 4.11. The van der Waals surface area contributed by atoms with Crippen molar-refractivity contribution >= 4 is 23.8 Å². The second kappa shape index (κ2) is 8.90. The lowest BCUT2D eigenvalue weighted by Gasteiger charge is -2.26. The van der Waals surface area contributed by atoms with E-state index in [4.69, 9.17) is 5.11 Å². The van der Waals surface area contributed by atoms with Gasteiger partial charge < -0.3 is 24.6 Å². The molecule has 0 aliphatic heterocycles. The average Bonchev–Trinajstić information content (AvgIpc) is 2.50. The maximum atomic E-state index is 11.7. The number of nitrogens with one attached hydrogen (secondary N) is 1. The van der Waals surface area contributed by atoms with Gasteiger partial charge in [0.15, 0.2) is 5.92 Å². The Morgan fingerprint density at radius 2 is 1.38 bits per heavy atom. The molecule has 0 unspecified atom stereocenters. The molecule has 0 aliphatic rings. The Morgan fingerprint density at radius 3 is 1.71 bits per heavy atom. The molecular weight excluding hydrogens is 286 g/mol. The van der Waals surface area contributed by atoms with Crippen LogP contribution in [0.2, 0.25) is 0 Å². The van der Waals surface area contributed by atoms with Crippen molar-refractivity contribution in [2.45, 2.75) is 13.0 Å². The molecule has 2 N–H and O–H groups in total. The molecule has 9 nitrogen and oxygen atoms in total. The van der Waals surface area contributed by atoms with Crippen molar-refractivity contribution in [1.82, 2.24) is 5.32 Å². The van der Waals surface area contributed by atoms with Crippen LogP contribution in [0, 0.1) is 11.8 Å². The summed E-state index contributed by atoms with van der Waals surface area (Å²) in [5, 5.41) is 10.9. The highest BCUT2D eigenvalue weighted by atomic mass is 16.5. The Kier molecular flexibility index (Phi) is 7.99. The summed E-state index contributed by atoms with van der Waals surface area (Å²) < 4.78 is 13.5. The van der Waals surface area contributed by atoms with Gasteiger partial charge >= 0.3 is 17.9 Å². The van der Waals surface area contributed by atoms with Crippen LogP contribution in [0.5, 0.6) is 0 Å². The standard InChI is InChI=1S/C12H19NO8/c1-6(8(10(16)19-2)11(17)20-3)9(12(18)21-4)13-7(15)5-14/h6,8-9,14H,5H2,1-4H3,(H,13,15)/t6-,9+/m1/s1. The average molecular weight is 305 g/mol. The molecule has 0 saturated heterocycles. The summed E-state index contributed by atoms with van der Waals surface area (Å²) in [7, 11) is 3.23. The third-order valence-corrected chi connectivity index (χ3v) is 2.88. The summed E-state index contributed by atoms with van der Waals surface area (Å²) in [6, 6.07) is -1.32. The van der Waals surface area contributed by atoms with Crippen LogP contribution < -0.4 is 5.32 Å². The van der Waals surface area contributed by atoms with E-state index in [0.29, 0.717) is 0 Å². The Morgan fingerprint density at radius 1 is 0.952 bits per heavy atom. The van der Waals surface area contributed by atoms with Gasteiger partial charge in [0.1, 0.15) is 12.6 Å². The lowest BCUT2D eigenvalue weighted by Crippen LogP contribution is -2.51. The molecular formula is C12H19NO8. The number of aliphatic hydroxyl groups excluding tert-OH is 1. The van der Waals surface area contributed by atoms with Crippen LogP contribution in [0.25, 0.3) is 0 Å². The van der Waals surface area contributed by atoms with Gasteiger partial charge in [-0.3, -0.25) is 14.4 Å². The van der Waals surface area contributed by atoms with Crippen LogP contribution in [0.15, 0.2) is 0 Å². The molecule has 0 aliphatic carbocycles. The molecule has 0 rings (SSSR count). The molecule has 0 spiro atoms. The summed E-state index contributed by atoms with van der Waals surface area (Å²) in [6.07, 6.45) is 0. The molecule has 0 saturated carbocycles. The number of hydrogen-bond acceptors (Lipinski definition) is 8. The number of carbonyl (C=O) groups is 4. The van der Waals surface area contributed by atoms with Gasteiger partial charge in [-0.25, -0.2) is 4.79 Å². The van der Waals surface area contributed by atoms with Crippen molar-refractivity contribution in [3.05, 3.63) is 0 Å². The molecule has 120 valence electrons. The number of hydrogen-bond donors (Lipinski definition) is 2. The highest BCUT2D eigenvalue weighted by Gasteiger charge is 2.42. The van der Waals surface area contributed by atoms with Gasteiger partial charge in [-0.15, -0.1) is 0 Å². The van der Waals surface area contributed by atoms with E-state index in [2.05, 4.69) is 19.5 Å². The van der Waals surface area contributed by atoms with Crippen molar-refractivity contribution in [3.63, 3.8) is 0 Å². The Labute approximate surface area is 121 Å². The zero-order valence-corrected chi connectivity index (χ0v) is 12.2. The highest BCUT2D eigenvalue weighted by molar-refractivity contribution is 5.96. The van der Waals surface area contributed by atoms with Crippen LogP contribution in [0.3, 0.4) is 0 Å². The normalized spacial score (nSPS) is 13.0. The molecule has 0 bridgehead atoms. The monoisotopic (exact) mass is 305 g/mol. The first-order chi connectivity index (χ1) is 9.83. The van der Waals surface area contributed by atoms with Crippen LogP contribution in [0.4, 0.5) is 0 Å². The van der Waals surface area contributed by atoms with Gasteiger partial charge in [0, 0.05) is 5.92 Å². The topological polar surface area (TPSA) is 128 Å². The molecule has 0 aromatic heterocycles. The smallest absolute Gasteiger partial charge is 0.328 e. The number of carbonyl (C=O) groups excluding carboxylic acids is 4. The third-order valence-electron chi connectivity index (χ3n) is 2.88. The minimum Gasteiger partial charge on any atom is -0.468 e. The van der Waals surface area contributed by atoms with E-state index < -0.39 is 48.3 Å². The molecule has 9 heteroatoms. The van der Waals surface area contributed by atoms with Gasteiger partial charge in [0.05, 0.1) is 21.3 Å². The van der Waals surface area contributed by atoms with E-state index in [0.717, 1.165) is 21.3 Å².